The van der Waals surface area contributed by atoms with Crippen molar-refractivity contribution in [3.8, 4) is 0 Å². The minimum Gasteiger partial charge on any atom is -0.465 e. The first-order valence-corrected chi connectivity index (χ1v) is 9.11. The van der Waals surface area contributed by atoms with Gasteiger partial charge in [-0.25, -0.2) is 4.79 Å². The molecule has 0 bridgehead atoms. The Bertz CT molecular complexity index is 672. The van der Waals surface area contributed by atoms with E-state index in [4.69, 9.17) is 4.74 Å². The van der Waals surface area contributed by atoms with Crippen LogP contribution in [-0.2, 0) is 9.90 Å². The van der Waals surface area contributed by atoms with Gasteiger partial charge in [0.25, 0.3) is 0 Å². The molecule has 1 saturated heterocycles. The molecule has 3 nitrogen and oxygen atoms in total. The Kier molecular flexibility index (Phi) is 4.64. The highest BCUT2D eigenvalue weighted by atomic mass is 28.1. The van der Waals surface area contributed by atoms with Crippen LogP contribution < -0.4 is 5.32 Å². The van der Waals surface area contributed by atoms with Crippen LogP contribution in [0.1, 0.15) is 40.2 Å². The molecule has 0 amide bonds. The fourth-order valence-electron chi connectivity index (χ4n) is 3.51. The van der Waals surface area contributed by atoms with E-state index in [0.717, 1.165) is 23.2 Å². The van der Waals surface area contributed by atoms with Crippen LogP contribution in [0, 0.1) is 0 Å². The van der Waals surface area contributed by atoms with Crippen LogP contribution >= 0.6 is 0 Å². The van der Waals surface area contributed by atoms with Crippen molar-refractivity contribution in [2.45, 2.75) is 23.9 Å². The maximum absolute atomic E-state index is 11.6. The van der Waals surface area contributed by atoms with Crippen LogP contribution in [-0.4, -0.2) is 29.9 Å². The lowest BCUT2D eigenvalue weighted by Gasteiger charge is -2.40. The van der Waals surface area contributed by atoms with Gasteiger partial charge in [0.1, 0.15) is 0 Å². The lowest BCUT2D eigenvalue weighted by Crippen LogP contribution is -2.48. The Hall–Kier alpha value is -1.91. The van der Waals surface area contributed by atoms with Gasteiger partial charge in [0.15, 0.2) is 0 Å². The van der Waals surface area contributed by atoms with Crippen molar-refractivity contribution < 1.29 is 9.53 Å². The third kappa shape index (κ3) is 3.38. The third-order valence-corrected chi connectivity index (χ3v) is 6.22. The van der Waals surface area contributed by atoms with Gasteiger partial charge in [0, 0.05) is 15.4 Å². The summed E-state index contributed by atoms with van der Waals surface area (Å²) in [5.41, 5.74) is 3.31. The summed E-state index contributed by atoms with van der Waals surface area (Å²) in [7, 11) is 2.44. The van der Waals surface area contributed by atoms with Crippen molar-refractivity contribution in [2.75, 3.05) is 13.7 Å². The number of hydrogen-bond donors (Lipinski definition) is 1. The number of carbonyl (C=O) groups excluding carboxylic acids is 1. The molecular formula is C19H23NO2Si. The molecule has 0 unspecified atom stereocenters. The molecule has 2 atom stereocenters. The molecule has 3 rings (SSSR count). The van der Waals surface area contributed by atoms with Gasteiger partial charge >= 0.3 is 5.97 Å². The monoisotopic (exact) mass is 325 g/mol. The quantitative estimate of drug-likeness (QED) is 0.694. The lowest BCUT2D eigenvalue weighted by atomic mass is 9.83. The van der Waals surface area contributed by atoms with Gasteiger partial charge < -0.3 is 10.1 Å². The summed E-state index contributed by atoms with van der Waals surface area (Å²) in [6.07, 6.45) is 2.29. The van der Waals surface area contributed by atoms with Crippen molar-refractivity contribution >= 4 is 16.2 Å². The Morgan fingerprint density at radius 1 is 1.17 bits per heavy atom. The molecule has 0 aliphatic carbocycles. The van der Waals surface area contributed by atoms with Gasteiger partial charge in [0.2, 0.25) is 0 Å². The molecule has 1 aliphatic heterocycles. The van der Waals surface area contributed by atoms with Crippen LogP contribution in [0.4, 0.5) is 0 Å². The predicted molar refractivity (Wildman–Crippen MR) is 95.8 cm³/mol. The van der Waals surface area contributed by atoms with E-state index < -0.39 is 0 Å². The Morgan fingerprint density at radius 3 is 2.52 bits per heavy atom. The number of ether oxygens (including phenoxy) is 1. The molecule has 1 heterocycles. The molecule has 1 fully saturated rings. The Labute approximate surface area is 140 Å². The molecule has 0 spiro atoms. The Morgan fingerprint density at radius 2 is 1.87 bits per heavy atom. The van der Waals surface area contributed by atoms with Gasteiger partial charge in [-0.15, -0.1) is 0 Å². The van der Waals surface area contributed by atoms with Crippen molar-refractivity contribution in [2.24, 2.45) is 0 Å². The van der Waals surface area contributed by atoms with E-state index in [1.54, 1.807) is 0 Å². The maximum atomic E-state index is 11.6. The summed E-state index contributed by atoms with van der Waals surface area (Å²) >= 11 is 0. The van der Waals surface area contributed by atoms with E-state index in [9.17, 15) is 4.79 Å². The third-order valence-electron chi connectivity index (χ3n) is 4.88. The summed E-state index contributed by atoms with van der Waals surface area (Å²) in [6, 6.07) is 18.7. The smallest absolute Gasteiger partial charge is 0.337 e. The number of esters is 1. The van der Waals surface area contributed by atoms with Crippen LogP contribution in [0.15, 0.2) is 54.6 Å². The molecule has 0 saturated carbocycles. The average Bonchev–Trinajstić information content (AvgIpc) is 2.62. The van der Waals surface area contributed by atoms with E-state index in [1.807, 2.05) is 12.1 Å². The van der Waals surface area contributed by atoms with Crippen LogP contribution in [0.3, 0.4) is 0 Å². The second-order valence-corrected chi connectivity index (χ2v) is 8.14. The van der Waals surface area contributed by atoms with Gasteiger partial charge in [0.05, 0.1) is 12.7 Å². The van der Waals surface area contributed by atoms with Crippen LogP contribution in [0.25, 0.3) is 0 Å². The molecule has 4 heteroatoms. The van der Waals surface area contributed by atoms with Gasteiger partial charge in [-0.2, -0.15) is 0 Å². The molecule has 0 radical (unpaired) electrons. The molecule has 1 N–H and O–H groups in total. The van der Waals surface area contributed by atoms with E-state index in [2.05, 4.69) is 47.8 Å². The van der Waals surface area contributed by atoms with E-state index in [-0.39, 0.29) is 11.1 Å². The summed E-state index contributed by atoms with van der Waals surface area (Å²) in [4.78, 5) is 11.6. The van der Waals surface area contributed by atoms with Crippen molar-refractivity contribution in [3.63, 3.8) is 0 Å². The highest BCUT2D eigenvalue weighted by molar-refractivity contribution is 6.15. The molecule has 2 aromatic carbocycles. The molecular weight excluding hydrogens is 302 g/mol. The highest BCUT2D eigenvalue weighted by Crippen LogP contribution is 2.36. The summed E-state index contributed by atoms with van der Waals surface area (Å²) in [5, 5.41) is 3.78. The normalized spacial score (nSPS) is 24.3. The lowest BCUT2D eigenvalue weighted by molar-refractivity contribution is 0.0600. The molecule has 23 heavy (non-hydrogen) atoms. The first-order chi connectivity index (χ1) is 11.1. The number of carbonyl (C=O) groups is 1. The van der Waals surface area contributed by atoms with Crippen molar-refractivity contribution in [1.29, 1.82) is 0 Å². The average molecular weight is 325 g/mol. The number of rotatable bonds is 3. The number of benzene rings is 2. The molecule has 0 aromatic heterocycles. The molecule has 120 valence electrons. The second kappa shape index (κ2) is 6.68. The fourth-order valence-corrected chi connectivity index (χ4v) is 4.59. The molecule has 1 aliphatic rings. The first kappa shape index (κ1) is 16.0. The highest BCUT2D eigenvalue weighted by Gasteiger charge is 2.33. The zero-order chi connectivity index (χ0) is 16.3. The zero-order valence-electron chi connectivity index (χ0n) is 13.7. The van der Waals surface area contributed by atoms with Crippen LogP contribution in [0.5, 0.6) is 0 Å². The van der Waals surface area contributed by atoms with Crippen molar-refractivity contribution in [3.05, 3.63) is 71.3 Å². The zero-order valence-corrected chi connectivity index (χ0v) is 15.7. The standard InChI is InChI=1S/C19H23NO2Si/c1-22-18(21)15-7-9-17(10-8-15)19(23)13-16(11-12-20-19)14-5-3-2-4-6-14/h2-10,16,20H,11-13H2,1,23H3/t16-,19+/m1/s1. The minimum atomic E-state index is -0.280. The summed E-state index contributed by atoms with van der Waals surface area (Å²) in [6.45, 7) is 1.03. The molecule has 2 aromatic rings. The maximum Gasteiger partial charge on any atom is 0.337 e. The van der Waals surface area contributed by atoms with E-state index in [1.165, 1.54) is 24.7 Å². The topological polar surface area (TPSA) is 38.3 Å². The predicted octanol–water partition coefficient (Wildman–Crippen LogP) is 2.16. The van der Waals surface area contributed by atoms with Gasteiger partial charge in [-0.05, 0) is 48.6 Å². The van der Waals surface area contributed by atoms with Gasteiger partial charge in [-0.1, -0.05) is 42.5 Å². The van der Waals surface area contributed by atoms with E-state index >= 15 is 0 Å². The minimum absolute atomic E-state index is 0.0629. The van der Waals surface area contributed by atoms with Crippen LogP contribution in [0.2, 0.25) is 0 Å². The van der Waals surface area contributed by atoms with E-state index in [0.29, 0.717) is 11.5 Å². The fraction of sp³-hybridized carbons (Fsp3) is 0.316. The van der Waals surface area contributed by atoms with Crippen molar-refractivity contribution in [1.82, 2.24) is 5.32 Å². The Balaban J connectivity index is 1.82. The number of hydrogen-bond acceptors (Lipinski definition) is 3. The number of nitrogens with one attached hydrogen (secondary N) is 1. The second-order valence-electron chi connectivity index (χ2n) is 6.43. The summed E-state index contributed by atoms with van der Waals surface area (Å²) in [5.74, 6) is 0.313. The first-order valence-electron chi connectivity index (χ1n) is 8.11. The largest absolute Gasteiger partial charge is 0.465 e. The number of piperidine rings is 1. The van der Waals surface area contributed by atoms with Gasteiger partial charge in [-0.3, -0.25) is 0 Å². The number of methoxy groups -OCH3 is 1. The SMILES string of the molecule is COC(=O)c1ccc([C@@]2([SiH3])C[C@H](c3ccccc3)CCN2)cc1. The summed E-state index contributed by atoms with van der Waals surface area (Å²) < 4.78 is 4.78.